The van der Waals surface area contributed by atoms with Crippen LogP contribution in [-0.4, -0.2) is 24.9 Å². The second-order valence-corrected chi connectivity index (χ2v) is 5.68. The average molecular weight is 407 g/mol. The molecule has 0 amide bonds. The molecule has 0 atom stereocenters. The minimum absolute atomic E-state index is 0.0274. The molecule has 130 valence electrons. The van der Waals surface area contributed by atoms with E-state index in [0.717, 1.165) is 0 Å². The molecule has 2 aromatic rings. The van der Waals surface area contributed by atoms with Crippen LogP contribution in [-0.2, 0) is 0 Å². The van der Waals surface area contributed by atoms with Crippen molar-refractivity contribution in [3.63, 3.8) is 0 Å². The van der Waals surface area contributed by atoms with E-state index in [1.807, 2.05) is 0 Å². The molecule has 0 aliphatic carbocycles. The van der Waals surface area contributed by atoms with Crippen LogP contribution >= 0.6 is 15.9 Å². The molecule has 0 saturated heterocycles. The van der Waals surface area contributed by atoms with Crippen LogP contribution in [0.25, 0.3) is 0 Å². The van der Waals surface area contributed by atoms with Crippen molar-refractivity contribution in [1.82, 2.24) is 0 Å². The summed E-state index contributed by atoms with van der Waals surface area (Å²) in [5, 5.41) is 13.6. The Morgan fingerprint density at radius 1 is 1.20 bits per heavy atom. The molecule has 2 aromatic carbocycles. The maximum atomic E-state index is 12.3. The number of nitrogens with zero attached hydrogens (tertiary/aromatic N) is 1. The maximum Gasteiger partial charge on any atom is 0.270 e. The zero-order valence-electron chi connectivity index (χ0n) is 13.5. The number of rotatable bonds is 7. The van der Waals surface area contributed by atoms with Gasteiger partial charge < -0.3 is 14.8 Å². The molecule has 0 bridgehead atoms. The number of methoxy groups -OCH3 is 2. The highest BCUT2D eigenvalue weighted by Gasteiger charge is 2.11. The lowest BCUT2D eigenvalue weighted by atomic mass is 10.1. The Morgan fingerprint density at radius 3 is 2.56 bits per heavy atom. The summed E-state index contributed by atoms with van der Waals surface area (Å²) in [6.07, 6.45) is 2.80. The Labute approximate surface area is 152 Å². The lowest BCUT2D eigenvalue weighted by Gasteiger charge is -2.08. The highest BCUT2D eigenvalue weighted by Crippen LogP contribution is 2.27. The molecule has 0 saturated carbocycles. The van der Waals surface area contributed by atoms with Gasteiger partial charge in [-0.15, -0.1) is 0 Å². The van der Waals surface area contributed by atoms with Gasteiger partial charge in [0.15, 0.2) is 5.78 Å². The Bertz CT molecular complexity index is 836. The van der Waals surface area contributed by atoms with Gasteiger partial charge in [-0.25, -0.2) is 0 Å². The first-order chi connectivity index (χ1) is 12.0. The number of non-ortho nitro benzene ring substituents is 1. The molecule has 25 heavy (non-hydrogen) atoms. The summed E-state index contributed by atoms with van der Waals surface area (Å²) in [5.41, 5.74) is 0.959. The second-order valence-electron chi connectivity index (χ2n) is 4.83. The van der Waals surface area contributed by atoms with Crippen molar-refractivity contribution in [3.8, 4) is 11.5 Å². The highest BCUT2D eigenvalue weighted by atomic mass is 79.9. The first-order valence-corrected chi connectivity index (χ1v) is 7.89. The Kier molecular flexibility index (Phi) is 6.13. The Balaban J connectivity index is 2.12. The molecule has 0 unspecified atom stereocenters. The molecule has 0 heterocycles. The highest BCUT2D eigenvalue weighted by molar-refractivity contribution is 9.10. The van der Waals surface area contributed by atoms with E-state index in [1.54, 1.807) is 24.3 Å². The fraction of sp³-hybridized carbons (Fsp3) is 0.118. The van der Waals surface area contributed by atoms with Crippen molar-refractivity contribution in [2.24, 2.45) is 0 Å². The van der Waals surface area contributed by atoms with E-state index >= 15 is 0 Å². The Hall–Kier alpha value is -2.87. The quantitative estimate of drug-likeness (QED) is 0.321. The molecule has 2 rings (SSSR count). The van der Waals surface area contributed by atoms with Gasteiger partial charge in [0.05, 0.1) is 30.4 Å². The van der Waals surface area contributed by atoms with Crippen LogP contribution in [0.5, 0.6) is 11.5 Å². The second kappa shape index (κ2) is 8.29. The largest absolute Gasteiger partial charge is 0.497 e. The van der Waals surface area contributed by atoms with E-state index in [1.165, 1.54) is 38.6 Å². The molecule has 7 nitrogen and oxygen atoms in total. The van der Waals surface area contributed by atoms with Crippen molar-refractivity contribution in [1.29, 1.82) is 0 Å². The minimum Gasteiger partial charge on any atom is -0.497 e. The number of nitro groups is 1. The van der Waals surface area contributed by atoms with E-state index in [2.05, 4.69) is 21.2 Å². The summed E-state index contributed by atoms with van der Waals surface area (Å²) in [7, 11) is 3.00. The number of hydrogen-bond donors (Lipinski definition) is 1. The monoisotopic (exact) mass is 406 g/mol. The summed E-state index contributed by atoms with van der Waals surface area (Å²) >= 11 is 3.25. The molecule has 0 spiro atoms. The third-order valence-corrected chi connectivity index (χ3v) is 3.97. The lowest BCUT2D eigenvalue weighted by molar-refractivity contribution is -0.384. The van der Waals surface area contributed by atoms with Crippen molar-refractivity contribution in [3.05, 3.63) is 68.8 Å². The number of carbonyl (C=O) groups excluding carboxylic acids is 1. The number of halogens is 1. The molecule has 1 N–H and O–H groups in total. The van der Waals surface area contributed by atoms with E-state index in [0.29, 0.717) is 27.2 Å². The number of carbonyl (C=O) groups is 1. The van der Waals surface area contributed by atoms with Gasteiger partial charge in [0.1, 0.15) is 11.5 Å². The van der Waals surface area contributed by atoms with E-state index in [4.69, 9.17) is 9.47 Å². The van der Waals surface area contributed by atoms with Gasteiger partial charge in [0, 0.05) is 34.9 Å². The summed E-state index contributed by atoms with van der Waals surface area (Å²) < 4.78 is 10.8. The zero-order chi connectivity index (χ0) is 18.4. The number of ketones is 1. The van der Waals surface area contributed by atoms with Gasteiger partial charge >= 0.3 is 0 Å². The fourth-order valence-corrected chi connectivity index (χ4v) is 2.51. The normalized spacial score (nSPS) is 10.5. The van der Waals surface area contributed by atoms with Gasteiger partial charge in [-0.3, -0.25) is 14.9 Å². The molecule has 8 heteroatoms. The van der Waals surface area contributed by atoms with Gasteiger partial charge in [-0.2, -0.15) is 0 Å². The van der Waals surface area contributed by atoms with Gasteiger partial charge in [-0.05, 0) is 34.1 Å². The zero-order valence-corrected chi connectivity index (χ0v) is 15.1. The maximum absolute atomic E-state index is 12.3. The molecule has 0 aliphatic heterocycles. The molecule has 0 aliphatic rings. The van der Waals surface area contributed by atoms with Crippen molar-refractivity contribution < 1.29 is 19.2 Å². The van der Waals surface area contributed by atoms with Crippen LogP contribution in [0.3, 0.4) is 0 Å². The summed E-state index contributed by atoms with van der Waals surface area (Å²) in [6.45, 7) is 0. The number of allylic oxidation sites excluding steroid dienone is 1. The first kappa shape index (κ1) is 18.5. The van der Waals surface area contributed by atoms with Crippen LogP contribution in [0, 0.1) is 10.1 Å². The minimum atomic E-state index is -0.482. The topological polar surface area (TPSA) is 90.7 Å². The predicted octanol–water partition coefficient (Wildman–Crippen LogP) is 4.18. The van der Waals surface area contributed by atoms with Gasteiger partial charge in [0.25, 0.3) is 5.69 Å². The standard InChI is InChI=1S/C17H15BrN2O5/c1-24-12-4-5-13(17(10-12)25-2)16(21)7-8-19-15-6-3-11(20(22)23)9-14(15)18/h3-10,19H,1-2H3/b8-7+. The third-order valence-electron chi connectivity index (χ3n) is 3.31. The predicted molar refractivity (Wildman–Crippen MR) is 97.4 cm³/mol. The van der Waals surface area contributed by atoms with Gasteiger partial charge in [-0.1, -0.05) is 0 Å². The number of nitrogens with one attached hydrogen (secondary N) is 1. The lowest BCUT2D eigenvalue weighted by Crippen LogP contribution is -2.01. The van der Waals surface area contributed by atoms with E-state index < -0.39 is 4.92 Å². The number of benzene rings is 2. The number of anilines is 1. The summed E-state index contributed by atoms with van der Waals surface area (Å²) in [4.78, 5) is 22.5. The van der Waals surface area contributed by atoms with Crippen molar-refractivity contribution in [2.75, 3.05) is 19.5 Å². The summed E-state index contributed by atoms with van der Waals surface area (Å²) in [6, 6.07) is 9.21. The number of hydrogen-bond acceptors (Lipinski definition) is 6. The molecule has 0 fully saturated rings. The van der Waals surface area contributed by atoms with E-state index in [-0.39, 0.29) is 11.5 Å². The fourth-order valence-electron chi connectivity index (χ4n) is 2.03. The average Bonchev–Trinajstić information content (AvgIpc) is 2.62. The third kappa shape index (κ3) is 4.57. The number of nitro benzene ring substituents is 1. The Morgan fingerprint density at radius 2 is 1.96 bits per heavy atom. The van der Waals surface area contributed by atoms with Crippen LogP contribution in [0.1, 0.15) is 10.4 Å². The van der Waals surface area contributed by atoms with Crippen molar-refractivity contribution in [2.45, 2.75) is 0 Å². The summed E-state index contributed by atoms with van der Waals surface area (Å²) in [5.74, 6) is 0.737. The van der Waals surface area contributed by atoms with E-state index in [9.17, 15) is 14.9 Å². The van der Waals surface area contributed by atoms with Crippen LogP contribution < -0.4 is 14.8 Å². The SMILES string of the molecule is COc1ccc(C(=O)/C=C/Nc2ccc([N+](=O)[O-])cc2Br)c(OC)c1. The van der Waals surface area contributed by atoms with Crippen molar-refractivity contribution >= 4 is 33.1 Å². The molecule has 0 radical (unpaired) electrons. The van der Waals surface area contributed by atoms with Crippen LogP contribution in [0.15, 0.2) is 53.1 Å². The molecule has 0 aromatic heterocycles. The first-order valence-electron chi connectivity index (χ1n) is 7.09. The van der Waals surface area contributed by atoms with Crippen LogP contribution in [0.4, 0.5) is 11.4 Å². The van der Waals surface area contributed by atoms with Gasteiger partial charge in [0.2, 0.25) is 0 Å². The van der Waals surface area contributed by atoms with Crippen LogP contribution in [0.2, 0.25) is 0 Å². The number of ether oxygens (including phenoxy) is 2. The molecular weight excluding hydrogens is 392 g/mol. The molecular formula is C17H15BrN2O5. The smallest absolute Gasteiger partial charge is 0.270 e.